The van der Waals surface area contributed by atoms with Crippen LogP contribution in [0.1, 0.15) is 5.69 Å². The Balaban J connectivity index is 1.23. The first-order valence-corrected chi connectivity index (χ1v) is 11.6. The molecule has 4 aromatic heterocycles. The summed E-state index contributed by atoms with van der Waals surface area (Å²) < 4.78 is 3.95. The molecule has 0 aliphatic rings. The van der Waals surface area contributed by atoms with Crippen LogP contribution in [0.5, 0.6) is 0 Å². The van der Waals surface area contributed by atoms with Crippen LogP contribution >= 0.6 is 11.8 Å². The summed E-state index contributed by atoms with van der Waals surface area (Å²) in [5.74, 6) is 0.996. The minimum Gasteiger partial charge on any atom is -0.343 e. The number of carbonyl (C=O) groups is 1. The summed E-state index contributed by atoms with van der Waals surface area (Å²) in [6, 6.07) is 18.0. The predicted octanol–water partition coefficient (Wildman–Crippen LogP) is 3.70. The van der Waals surface area contributed by atoms with Gasteiger partial charge in [0.15, 0.2) is 11.5 Å². The van der Waals surface area contributed by atoms with Crippen LogP contribution in [-0.2, 0) is 11.3 Å². The molecule has 0 unspecified atom stereocenters. The van der Waals surface area contributed by atoms with Gasteiger partial charge in [-0.05, 0) is 48.7 Å². The zero-order valence-corrected chi connectivity index (χ0v) is 19.2. The first kappa shape index (κ1) is 21.1. The van der Waals surface area contributed by atoms with E-state index in [1.54, 1.807) is 21.8 Å². The first-order valence-electron chi connectivity index (χ1n) is 10.6. The van der Waals surface area contributed by atoms with Crippen LogP contribution in [0.4, 0.5) is 0 Å². The number of benzene rings is 1. The van der Waals surface area contributed by atoms with Crippen molar-refractivity contribution in [2.45, 2.75) is 18.5 Å². The molecule has 4 heterocycles. The second-order valence-corrected chi connectivity index (χ2v) is 8.80. The molecule has 1 amide bonds. The lowest BCUT2D eigenvalue weighted by molar-refractivity contribution is -0.127. The van der Waals surface area contributed by atoms with E-state index in [2.05, 4.69) is 50.0 Å². The number of fused-ring (bicyclic) bond motifs is 2. The van der Waals surface area contributed by atoms with Crippen LogP contribution in [0.15, 0.2) is 72.0 Å². The van der Waals surface area contributed by atoms with E-state index in [0.29, 0.717) is 23.8 Å². The Kier molecular flexibility index (Phi) is 5.78. The largest absolute Gasteiger partial charge is 0.343 e. The zero-order valence-electron chi connectivity index (χ0n) is 18.4. The molecule has 0 atom stereocenters. The third kappa shape index (κ3) is 4.31. The van der Waals surface area contributed by atoms with Crippen molar-refractivity contribution in [3.63, 3.8) is 0 Å². The molecule has 0 aliphatic carbocycles. The van der Waals surface area contributed by atoms with Gasteiger partial charge in [-0.2, -0.15) is 9.61 Å². The Morgan fingerprint density at radius 1 is 1.09 bits per heavy atom. The Morgan fingerprint density at radius 3 is 2.82 bits per heavy atom. The van der Waals surface area contributed by atoms with Gasteiger partial charge in [-0.25, -0.2) is 0 Å². The summed E-state index contributed by atoms with van der Waals surface area (Å²) >= 11 is 1.41. The highest BCUT2D eigenvalue weighted by Crippen LogP contribution is 2.21. The Bertz CT molecular complexity index is 1430. The van der Waals surface area contributed by atoms with Crippen molar-refractivity contribution < 1.29 is 4.79 Å². The van der Waals surface area contributed by atoms with Crippen LogP contribution in [-0.4, -0.2) is 59.5 Å². The lowest BCUT2D eigenvalue weighted by atomic mass is 10.2. The molecule has 1 aromatic carbocycles. The van der Waals surface area contributed by atoms with Crippen molar-refractivity contribution in [3.05, 3.63) is 72.7 Å². The molecule has 0 aliphatic heterocycles. The lowest BCUT2D eigenvalue weighted by Crippen LogP contribution is -2.31. The van der Waals surface area contributed by atoms with E-state index in [9.17, 15) is 4.79 Å². The Morgan fingerprint density at radius 2 is 1.97 bits per heavy atom. The third-order valence-electron chi connectivity index (χ3n) is 5.60. The number of aromatic nitrogens is 6. The van der Waals surface area contributed by atoms with Crippen LogP contribution in [0.25, 0.3) is 27.9 Å². The smallest absolute Gasteiger partial charge is 0.232 e. The molecule has 8 nitrogen and oxygen atoms in total. The van der Waals surface area contributed by atoms with Crippen molar-refractivity contribution in [1.82, 2.24) is 34.3 Å². The number of aryl methyl sites for hydroxylation is 1. The molecular weight excluding hydrogens is 434 g/mol. The molecule has 33 heavy (non-hydrogen) atoms. The lowest BCUT2D eigenvalue weighted by Gasteiger charge is -2.18. The number of hydrogen-bond acceptors (Lipinski definition) is 6. The van der Waals surface area contributed by atoms with Gasteiger partial charge in [0, 0.05) is 49.3 Å². The molecule has 5 rings (SSSR count). The Hall–Kier alpha value is -3.72. The van der Waals surface area contributed by atoms with Gasteiger partial charge in [0.05, 0.1) is 5.75 Å². The van der Waals surface area contributed by atoms with Gasteiger partial charge in [0.1, 0.15) is 5.03 Å². The molecular formula is C24H23N7OS. The van der Waals surface area contributed by atoms with Gasteiger partial charge in [-0.15, -0.1) is 10.2 Å². The van der Waals surface area contributed by atoms with Gasteiger partial charge in [-0.3, -0.25) is 9.78 Å². The molecule has 5 aromatic rings. The average Bonchev–Trinajstić information content (AvgIpc) is 3.41. The number of hydrogen-bond donors (Lipinski definition) is 0. The van der Waals surface area contributed by atoms with E-state index in [1.807, 2.05) is 43.4 Å². The molecule has 0 saturated carbocycles. The highest BCUT2D eigenvalue weighted by atomic mass is 32.2. The summed E-state index contributed by atoms with van der Waals surface area (Å²) in [4.78, 5) is 18.7. The number of amides is 1. The highest BCUT2D eigenvalue weighted by molar-refractivity contribution is 7.99. The first-order chi connectivity index (χ1) is 16.1. The quantitative estimate of drug-likeness (QED) is 0.347. The maximum atomic E-state index is 12.8. The average molecular weight is 458 g/mol. The second-order valence-electron chi connectivity index (χ2n) is 7.81. The van der Waals surface area contributed by atoms with E-state index >= 15 is 0 Å². The number of rotatable bonds is 7. The van der Waals surface area contributed by atoms with Crippen LogP contribution in [0.3, 0.4) is 0 Å². The van der Waals surface area contributed by atoms with Gasteiger partial charge >= 0.3 is 0 Å². The van der Waals surface area contributed by atoms with E-state index in [-0.39, 0.29) is 5.91 Å². The van der Waals surface area contributed by atoms with Crippen molar-refractivity contribution in [3.8, 4) is 11.4 Å². The number of thioether (sulfide) groups is 1. The number of carbonyl (C=O) groups excluding carboxylic acids is 1. The van der Waals surface area contributed by atoms with E-state index in [0.717, 1.165) is 17.1 Å². The fourth-order valence-corrected chi connectivity index (χ4v) is 4.59. The molecule has 166 valence electrons. The van der Waals surface area contributed by atoms with E-state index < -0.39 is 0 Å². The minimum absolute atomic E-state index is 0.0623. The molecule has 0 spiro atoms. The fraction of sp³-hybridized carbons (Fsp3) is 0.208. The maximum absolute atomic E-state index is 12.8. The highest BCUT2D eigenvalue weighted by Gasteiger charge is 2.14. The van der Waals surface area contributed by atoms with Crippen LogP contribution in [0.2, 0.25) is 0 Å². The van der Waals surface area contributed by atoms with Gasteiger partial charge < -0.3 is 9.47 Å². The molecule has 0 N–H and O–H groups in total. The normalized spacial score (nSPS) is 11.3. The van der Waals surface area contributed by atoms with Crippen LogP contribution < -0.4 is 0 Å². The zero-order chi connectivity index (χ0) is 22.8. The standard InChI is InChI=1S/C24H23N7OS/c1-17-14-18-6-3-4-8-20(18)30(17)13-12-29(2)23(32)16-33-22-10-9-21-26-27-24(31(21)28-22)19-7-5-11-25-15-19/h3-11,14-15H,12-13,16H2,1-2H3. The van der Waals surface area contributed by atoms with E-state index in [1.165, 1.54) is 28.4 Å². The summed E-state index contributed by atoms with van der Waals surface area (Å²) in [6.07, 6.45) is 3.44. The molecule has 9 heteroatoms. The fourth-order valence-electron chi connectivity index (χ4n) is 3.79. The number of nitrogens with zero attached hydrogens (tertiary/aromatic N) is 7. The molecule has 0 fully saturated rings. The van der Waals surface area contributed by atoms with Gasteiger partial charge in [0.25, 0.3) is 0 Å². The van der Waals surface area contributed by atoms with Gasteiger partial charge in [-0.1, -0.05) is 30.0 Å². The molecule has 0 bridgehead atoms. The topological polar surface area (TPSA) is 81.2 Å². The van der Waals surface area contributed by atoms with Crippen molar-refractivity contribution in [2.24, 2.45) is 0 Å². The second kappa shape index (κ2) is 9.03. The monoisotopic (exact) mass is 457 g/mol. The minimum atomic E-state index is 0.0623. The predicted molar refractivity (Wildman–Crippen MR) is 129 cm³/mol. The van der Waals surface area contributed by atoms with E-state index in [4.69, 9.17) is 0 Å². The summed E-state index contributed by atoms with van der Waals surface area (Å²) in [7, 11) is 1.85. The van der Waals surface area contributed by atoms with Crippen molar-refractivity contribution in [2.75, 3.05) is 19.3 Å². The number of likely N-dealkylation sites (N-methyl/N-ethyl adjacent to an activating group) is 1. The Labute approximate surface area is 195 Å². The summed E-state index contributed by atoms with van der Waals surface area (Å²) in [5.41, 5.74) is 3.88. The summed E-state index contributed by atoms with van der Waals surface area (Å²) in [6.45, 7) is 3.50. The van der Waals surface area contributed by atoms with Crippen LogP contribution in [0, 0.1) is 6.92 Å². The van der Waals surface area contributed by atoms with Gasteiger partial charge in [0.2, 0.25) is 5.91 Å². The number of pyridine rings is 1. The van der Waals surface area contributed by atoms with Crippen molar-refractivity contribution in [1.29, 1.82) is 0 Å². The molecule has 0 saturated heterocycles. The molecule has 0 radical (unpaired) electrons. The number of para-hydroxylation sites is 1. The van der Waals surface area contributed by atoms with Crippen molar-refractivity contribution >= 4 is 34.2 Å². The SMILES string of the molecule is Cc1cc2ccccc2n1CCN(C)C(=O)CSc1ccc2nnc(-c3cccnc3)n2n1. The maximum Gasteiger partial charge on any atom is 0.232 e. The summed E-state index contributed by atoms with van der Waals surface area (Å²) in [5, 5.41) is 15.0. The third-order valence-corrected chi connectivity index (χ3v) is 6.51.